The minimum absolute atomic E-state index is 0.0277. The number of benzene rings is 2. The van der Waals surface area contributed by atoms with Crippen molar-refractivity contribution in [2.24, 2.45) is 0 Å². The predicted octanol–water partition coefficient (Wildman–Crippen LogP) is 5.14. The van der Waals surface area contributed by atoms with Gasteiger partial charge in [-0.3, -0.25) is 4.79 Å². The minimum Gasteiger partial charge on any atom is -0.494 e. The van der Waals surface area contributed by atoms with Crippen molar-refractivity contribution in [1.29, 1.82) is 0 Å². The summed E-state index contributed by atoms with van der Waals surface area (Å²) in [5, 5.41) is 1.23. The van der Waals surface area contributed by atoms with E-state index >= 15 is 0 Å². The summed E-state index contributed by atoms with van der Waals surface area (Å²) in [6, 6.07) is 7.37. The summed E-state index contributed by atoms with van der Waals surface area (Å²) in [5.74, 6) is -0.216. The monoisotopic (exact) mass is 495 g/mol. The Hall–Kier alpha value is -1.18. The largest absolute Gasteiger partial charge is 0.494 e. The van der Waals surface area contributed by atoms with Gasteiger partial charge in [0.2, 0.25) is 0 Å². The summed E-state index contributed by atoms with van der Waals surface area (Å²) >= 11 is 24.6. The number of sulfone groups is 1. The van der Waals surface area contributed by atoms with Gasteiger partial charge < -0.3 is 9.64 Å². The van der Waals surface area contributed by atoms with Crippen LogP contribution in [-0.4, -0.2) is 43.9 Å². The molecule has 1 heterocycles. The van der Waals surface area contributed by atoms with Gasteiger partial charge in [0.25, 0.3) is 5.91 Å². The van der Waals surface area contributed by atoms with Gasteiger partial charge in [0.15, 0.2) is 15.6 Å². The molecule has 0 spiro atoms. The third-order valence-corrected chi connectivity index (χ3v) is 7.61. The third-order valence-electron chi connectivity index (χ3n) is 4.72. The lowest BCUT2D eigenvalue weighted by atomic mass is 10.1. The number of hydrogen-bond acceptors (Lipinski definition) is 4. The molecule has 5 nitrogen and oxygen atoms in total. The van der Waals surface area contributed by atoms with E-state index in [1.165, 1.54) is 24.1 Å². The van der Waals surface area contributed by atoms with Crippen molar-refractivity contribution in [3.05, 3.63) is 61.5 Å². The van der Waals surface area contributed by atoms with E-state index in [2.05, 4.69) is 0 Å². The molecule has 3 rings (SSSR count). The Labute approximate surface area is 189 Å². The van der Waals surface area contributed by atoms with E-state index in [0.29, 0.717) is 22.0 Å². The van der Waals surface area contributed by atoms with E-state index in [1.807, 2.05) is 0 Å². The first kappa shape index (κ1) is 22.5. The van der Waals surface area contributed by atoms with Crippen molar-refractivity contribution in [3.8, 4) is 5.75 Å². The van der Waals surface area contributed by atoms with Gasteiger partial charge in [-0.15, -0.1) is 0 Å². The third kappa shape index (κ3) is 5.12. The summed E-state index contributed by atoms with van der Waals surface area (Å²) in [6.07, 6.45) is 0.344. The molecule has 1 amide bonds. The highest BCUT2D eigenvalue weighted by atomic mass is 35.5. The first-order chi connectivity index (χ1) is 13.6. The molecule has 0 aromatic heterocycles. The van der Waals surface area contributed by atoms with E-state index in [-0.39, 0.29) is 39.4 Å². The second-order valence-electron chi connectivity index (χ2n) is 6.70. The van der Waals surface area contributed by atoms with Crippen molar-refractivity contribution in [1.82, 2.24) is 4.90 Å². The highest BCUT2D eigenvalue weighted by Crippen LogP contribution is 2.35. The first-order valence-corrected chi connectivity index (χ1v) is 11.9. The number of methoxy groups -OCH3 is 1. The Balaban J connectivity index is 1.99. The van der Waals surface area contributed by atoms with Crippen LogP contribution in [0.5, 0.6) is 5.75 Å². The topological polar surface area (TPSA) is 63.7 Å². The zero-order valence-electron chi connectivity index (χ0n) is 15.3. The zero-order valence-corrected chi connectivity index (χ0v) is 19.1. The van der Waals surface area contributed by atoms with E-state index < -0.39 is 21.8 Å². The van der Waals surface area contributed by atoms with Crippen LogP contribution in [0.25, 0.3) is 0 Å². The van der Waals surface area contributed by atoms with Crippen LogP contribution in [0.4, 0.5) is 0 Å². The molecule has 2 aromatic carbocycles. The van der Waals surface area contributed by atoms with Gasteiger partial charge in [-0.25, -0.2) is 8.42 Å². The van der Waals surface area contributed by atoms with Gasteiger partial charge in [-0.1, -0.05) is 52.5 Å². The summed E-state index contributed by atoms with van der Waals surface area (Å²) in [6.45, 7) is 0.121. The molecule has 0 bridgehead atoms. The molecule has 1 atom stereocenters. The number of rotatable bonds is 5. The SMILES string of the molecule is COc1c(Cl)cc(C(=O)N(Cc2ccc(Cl)cc2Cl)[C@@H]2CCS(=O)(=O)C2)cc1Cl. The molecule has 10 heteroatoms. The molecule has 1 aliphatic heterocycles. The number of amides is 1. The van der Waals surface area contributed by atoms with Crippen LogP contribution in [0.15, 0.2) is 30.3 Å². The molecule has 0 N–H and O–H groups in total. The summed E-state index contributed by atoms with van der Waals surface area (Å²) < 4.78 is 29.2. The molecular weight excluding hydrogens is 480 g/mol. The van der Waals surface area contributed by atoms with Crippen LogP contribution < -0.4 is 4.74 Å². The van der Waals surface area contributed by atoms with Crippen molar-refractivity contribution in [3.63, 3.8) is 0 Å². The van der Waals surface area contributed by atoms with Crippen molar-refractivity contribution >= 4 is 62.1 Å². The van der Waals surface area contributed by atoms with Crippen LogP contribution in [0.3, 0.4) is 0 Å². The maximum Gasteiger partial charge on any atom is 0.254 e. The van der Waals surface area contributed by atoms with E-state index in [0.717, 1.165) is 0 Å². The fraction of sp³-hybridized carbons (Fsp3) is 0.316. The Morgan fingerprint density at radius 2 is 1.76 bits per heavy atom. The molecule has 0 saturated carbocycles. The molecule has 1 fully saturated rings. The average molecular weight is 497 g/mol. The normalized spacial score (nSPS) is 17.9. The van der Waals surface area contributed by atoms with Crippen molar-refractivity contribution in [2.45, 2.75) is 19.0 Å². The number of ether oxygens (including phenoxy) is 1. The van der Waals surface area contributed by atoms with Gasteiger partial charge in [0.1, 0.15) is 0 Å². The second-order valence-corrected chi connectivity index (χ2v) is 10.6. The first-order valence-electron chi connectivity index (χ1n) is 8.59. The van der Waals surface area contributed by atoms with Crippen molar-refractivity contribution in [2.75, 3.05) is 18.6 Å². The maximum absolute atomic E-state index is 13.3. The van der Waals surface area contributed by atoms with Crippen LogP contribution in [0.1, 0.15) is 22.3 Å². The number of carbonyl (C=O) groups excluding carboxylic acids is 1. The Morgan fingerprint density at radius 1 is 1.10 bits per heavy atom. The molecule has 0 aliphatic carbocycles. The molecule has 156 valence electrons. The maximum atomic E-state index is 13.3. The van der Waals surface area contributed by atoms with Crippen LogP contribution in [0, 0.1) is 0 Å². The van der Waals surface area contributed by atoms with Gasteiger partial charge in [0.05, 0.1) is 28.7 Å². The van der Waals surface area contributed by atoms with Crippen molar-refractivity contribution < 1.29 is 17.9 Å². The number of hydrogen-bond donors (Lipinski definition) is 0. The van der Waals surface area contributed by atoms with Gasteiger partial charge in [-0.2, -0.15) is 0 Å². The van der Waals surface area contributed by atoms with Gasteiger partial charge in [0, 0.05) is 28.2 Å². The second kappa shape index (κ2) is 8.90. The highest BCUT2D eigenvalue weighted by Gasteiger charge is 2.35. The fourth-order valence-corrected chi connectivity index (χ4v) is 6.11. The van der Waals surface area contributed by atoms with Crippen LogP contribution in [-0.2, 0) is 16.4 Å². The van der Waals surface area contributed by atoms with Gasteiger partial charge >= 0.3 is 0 Å². The lowest BCUT2D eigenvalue weighted by Crippen LogP contribution is -2.40. The molecule has 1 aliphatic rings. The standard InChI is InChI=1S/C19H17Cl4NO4S/c1-28-18-16(22)6-12(7-17(18)23)19(25)24(14-4-5-29(26,27)10-14)9-11-2-3-13(20)8-15(11)21/h2-3,6-8,14H,4-5,9-10H2,1H3/t14-/m1/s1. The predicted molar refractivity (Wildman–Crippen MR) is 116 cm³/mol. The van der Waals surface area contributed by atoms with E-state index in [9.17, 15) is 13.2 Å². The van der Waals surface area contributed by atoms with Crippen LogP contribution >= 0.6 is 46.4 Å². The van der Waals surface area contributed by atoms with E-state index in [4.69, 9.17) is 51.1 Å². The van der Waals surface area contributed by atoms with Crippen LogP contribution in [0.2, 0.25) is 20.1 Å². The minimum atomic E-state index is -3.21. The molecule has 0 unspecified atom stereocenters. The lowest BCUT2D eigenvalue weighted by Gasteiger charge is -2.29. The van der Waals surface area contributed by atoms with Gasteiger partial charge in [-0.05, 0) is 36.2 Å². The number of nitrogens with zero attached hydrogens (tertiary/aromatic N) is 1. The summed E-state index contributed by atoms with van der Waals surface area (Å²) in [4.78, 5) is 14.8. The summed E-state index contributed by atoms with van der Waals surface area (Å²) in [5.41, 5.74) is 0.884. The number of carbonyl (C=O) groups is 1. The molecule has 2 aromatic rings. The Morgan fingerprint density at radius 3 is 2.28 bits per heavy atom. The fourth-order valence-electron chi connectivity index (χ4n) is 3.27. The highest BCUT2D eigenvalue weighted by molar-refractivity contribution is 7.91. The average Bonchev–Trinajstić information content (AvgIpc) is 3.00. The Kier molecular flexibility index (Phi) is 6.91. The van der Waals surface area contributed by atoms with E-state index in [1.54, 1.807) is 18.2 Å². The lowest BCUT2D eigenvalue weighted by molar-refractivity contribution is 0.0681. The molecule has 1 saturated heterocycles. The molecule has 0 radical (unpaired) electrons. The quantitative estimate of drug-likeness (QED) is 0.575. The summed E-state index contributed by atoms with van der Waals surface area (Å²) in [7, 11) is -1.79. The Bertz CT molecular complexity index is 1040. The smallest absolute Gasteiger partial charge is 0.254 e. The number of halogens is 4. The molecular formula is C19H17Cl4NO4S. The molecule has 29 heavy (non-hydrogen) atoms. The zero-order chi connectivity index (χ0) is 21.3.